The molecule has 0 aliphatic carbocycles. The van der Waals surface area contributed by atoms with Crippen molar-refractivity contribution in [1.29, 1.82) is 0 Å². The Morgan fingerprint density at radius 1 is 1.33 bits per heavy atom. The van der Waals surface area contributed by atoms with E-state index >= 15 is 0 Å². The number of fused-ring (bicyclic) bond motifs is 1. The summed E-state index contributed by atoms with van der Waals surface area (Å²) in [5, 5.41) is 0. The van der Waals surface area contributed by atoms with Crippen molar-refractivity contribution in [1.82, 2.24) is 0 Å². The Bertz CT molecular complexity index is 657. The molecule has 2 nitrogen and oxygen atoms in total. The minimum atomic E-state index is -0.389. The van der Waals surface area contributed by atoms with Gasteiger partial charge in [0.15, 0.2) is 11.6 Å². The predicted octanol–water partition coefficient (Wildman–Crippen LogP) is 4.26. The Morgan fingerprint density at radius 3 is 3.00 bits per heavy atom. The van der Waals surface area contributed by atoms with Crippen molar-refractivity contribution in [2.45, 2.75) is 25.3 Å². The summed E-state index contributed by atoms with van der Waals surface area (Å²) in [6.07, 6.45) is 0.686. The third-order valence-corrected chi connectivity index (χ3v) is 3.85. The molecule has 0 bridgehead atoms. The number of benzene rings is 2. The molecule has 1 aliphatic heterocycles. The van der Waals surface area contributed by atoms with Crippen molar-refractivity contribution in [3.05, 3.63) is 58.9 Å². The van der Waals surface area contributed by atoms with Gasteiger partial charge < -0.3 is 9.47 Å². The van der Waals surface area contributed by atoms with Crippen LogP contribution >= 0.6 is 11.6 Å². The number of rotatable bonds is 4. The van der Waals surface area contributed by atoms with Crippen LogP contribution in [-0.4, -0.2) is 12.7 Å². The molecule has 21 heavy (non-hydrogen) atoms. The van der Waals surface area contributed by atoms with E-state index in [1.54, 1.807) is 12.1 Å². The topological polar surface area (TPSA) is 18.5 Å². The molecule has 1 atom stereocenters. The molecular formula is C17H16ClFO2. The van der Waals surface area contributed by atoms with E-state index < -0.39 is 0 Å². The van der Waals surface area contributed by atoms with Gasteiger partial charge in [-0.15, -0.1) is 11.6 Å². The summed E-state index contributed by atoms with van der Waals surface area (Å²) in [4.78, 5) is 0. The highest BCUT2D eigenvalue weighted by Crippen LogP contribution is 2.31. The van der Waals surface area contributed by atoms with Gasteiger partial charge in [-0.2, -0.15) is 0 Å². The second-order valence-electron chi connectivity index (χ2n) is 5.23. The normalized spacial score (nSPS) is 16.4. The van der Waals surface area contributed by atoms with Crippen LogP contribution in [0.2, 0.25) is 0 Å². The minimum absolute atomic E-state index is 0.0930. The molecular weight excluding hydrogens is 291 g/mol. The van der Waals surface area contributed by atoms with Crippen LogP contribution in [0.25, 0.3) is 0 Å². The van der Waals surface area contributed by atoms with E-state index in [9.17, 15) is 4.39 Å². The maximum atomic E-state index is 13.8. The lowest BCUT2D eigenvalue weighted by molar-refractivity contribution is 0.144. The largest absolute Gasteiger partial charge is 0.486 e. The van der Waals surface area contributed by atoms with E-state index in [-0.39, 0.29) is 23.6 Å². The van der Waals surface area contributed by atoms with Gasteiger partial charge >= 0.3 is 0 Å². The fraction of sp³-hybridized carbons (Fsp3) is 0.294. The molecule has 3 rings (SSSR count). The SMILES string of the molecule is Cc1ccc2c(c1)CC(COc1c(F)cccc1CCl)O2. The van der Waals surface area contributed by atoms with Gasteiger partial charge in [0.25, 0.3) is 0 Å². The summed E-state index contributed by atoms with van der Waals surface area (Å²) in [7, 11) is 0. The molecule has 1 heterocycles. The molecule has 0 saturated carbocycles. The molecule has 0 fully saturated rings. The quantitative estimate of drug-likeness (QED) is 0.786. The van der Waals surface area contributed by atoms with Gasteiger partial charge in [0, 0.05) is 12.0 Å². The Morgan fingerprint density at radius 2 is 2.19 bits per heavy atom. The van der Waals surface area contributed by atoms with Crippen molar-refractivity contribution in [2.24, 2.45) is 0 Å². The maximum absolute atomic E-state index is 13.8. The number of alkyl halides is 1. The van der Waals surface area contributed by atoms with Crippen LogP contribution in [-0.2, 0) is 12.3 Å². The zero-order chi connectivity index (χ0) is 14.8. The Balaban J connectivity index is 1.68. The van der Waals surface area contributed by atoms with Gasteiger partial charge in [-0.3, -0.25) is 0 Å². The minimum Gasteiger partial charge on any atom is -0.486 e. The highest BCUT2D eigenvalue weighted by atomic mass is 35.5. The van der Waals surface area contributed by atoms with Crippen molar-refractivity contribution in [2.75, 3.05) is 6.61 Å². The summed E-state index contributed by atoms with van der Waals surface area (Å²) in [5.41, 5.74) is 3.04. The van der Waals surface area contributed by atoms with E-state index in [0.29, 0.717) is 12.2 Å². The number of aryl methyl sites for hydroxylation is 1. The Hall–Kier alpha value is -1.74. The fourth-order valence-corrected chi connectivity index (χ4v) is 2.75. The van der Waals surface area contributed by atoms with Crippen LogP contribution in [0, 0.1) is 12.7 Å². The first-order chi connectivity index (χ1) is 10.2. The lowest BCUT2D eigenvalue weighted by Crippen LogP contribution is -2.23. The monoisotopic (exact) mass is 306 g/mol. The molecule has 110 valence electrons. The van der Waals surface area contributed by atoms with Crippen molar-refractivity contribution >= 4 is 11.6 Å². The Kier molecular flexibility index (Phi) is 4.02. The molecule has 0 saturated heterocycles. The Labute approximate surface area is 128 Å². The van der Waals surface area contributed by atoms with E-state index in [4.69, 9.17) is 21.1 Å². The van der Waals surface area contributed by atoms with Gasteiger partial charge in [0.1, 0.15) is 18.5 Å². The molecule has 4 heteroatoms. The van der Waals surface area contributed by atoms with Crippen molar-refractivity contribution in [3.63, 3.8) is 0 Å². The first kappa shape index (κ1) is 14.2. The summed E-state index contributed by atoms with van der Waals surface area (Å²) in [6.45, 7) is 2.36. The zero-order valence-electron chi connectivity index (χ0n) is 11.7. The third kappa shape index (κ3) is 2.98. The van der Waals surface area contributed by atoms with Crippen LogP contribution in [0.1, 0.15) is 16.7 Å². The standard InChI is InChI=1S/C17H16ClFO2/c1-11-5-6-16-13(7-11)8-14(21-16)10-20-17-12(9-18)3-2-4-15(17)19/h2-7,14H,8-10H2,1H3. The first-order valence-corrected chi connectivity index (χ1v) is 7.43. The summed E-state index contributed by atoms with van der Waals surface area (Å²) >= 11 is 5.81. The van der Waals surface area contributed by atoms with Crippen LogP contribution in [0.15, 0.2) is 36.4 Å². The van der Waals surface area contributed by atoms with E-state index in [0.717, 1.165) is 12.2 Å². The molecule has 1 aliphatic rings. The molecule has 2 aromatic rings. The van der Waals surface area contributed by atoms with Gasteiger partial charge in [0.2, 0.25) is 0 Å². The van der Waals surface area contributed by atoms with Crippen LogP contribution in [0.3, 0.4) is 0 Å². The molecule has 0 amide bonds. The molecule has 0 N–H and O–H groups in total. The number of halogens is 2. The molecule has 0 aromatic heterocycles. The van der Waals surface area contributed by atoms with Crippen LogP contribution < -0.4 is 9.47 Å². The predicted molar refractivity (Wildman–Crippen MR) is 80.8 cm³/mol. The summed E-state index contributed by atoms with van der Waals surface area (Å²) < 4.78 is 25.2. The molecule has 0 spiro atoms. The number of ether oxygens (including phenoxy) is 2. The van der Waals surface area contributed by atoms with Gasteiger partial charge in [-0.1, -0.05) is 29.8 Å². The smallest absolute Gasteiger partial charge is 0.165 e. The molecule has 2 aromatic carbocycles. The molecule has 0 radical (unpaired) electrons. The number of hydrogen-bond donors (Lipinski definition) is 0. The summed E-state index contributed by atoms with van der Waals surface area (Å²) in [5.74, 6) is 0.945. The average Bonchev–Trinajstić information content (AvgIpc) is 2.87. The maximum Gasteiger partial charge on any atom is 0.165 e. The molecule has 1 unspecified atom stereocenters. The summed E-state index contributed by atoms with van der Waals surface area (Å²) in [6, 6.07) is 10.9. The van der Waals surface area contributed by atoms with Crippen molar-refractivity contribution in [3.8, 4) is 11.5 Å². The second-order valence-corrected chi connectivity index (χ2v) is 5.50. The second kappa shape index (κ2) is 5.94. The van der Waals surface area contributed by atoms with Crippen LogP contribution in [0.5, 0.6) is 11.5 Å². The average molecular weight is 307 g/mol. The third-order valence-electron chi connectivity index (χ3n) is 3.56. The zero-order valence-corrected chi connectivity index (χ0v) is 12.5. The lowest BCUT2D eigenvalue weighted by Gasteiger charge is -2.15. The van der Waals surface area contributed by atoms with E-state index in [2.05, 4.69) is 13.0 Å². The van der Waals surface area contributed by atoms with Crippen LogP contribution in [0.4, 0.5) is 4.39 Å². The number of hydrogen-bond acceptors (Lipinski definition) is 2. The lowest BCUT2D eigenvalue weighted by atomic mass is 10.1. The van der Waals surface area contributed by atoms with Gasteiger partial charge in [0.05, 0.1) is 5.88 Å². The van der Waals surface area contributed by atoms with E-state index in [1.165, 1.54) is 17.2 Å². The number of para-hydroxylation sites is 1. The fourth-order valence-electron chi connectivity index (χ4n) is 2.54. The van der Waals surface area contributed by atoms with Gasteiger partial charge in [-0.25, -0.2) is 4.39 Å². The first-order valence-electron chi connectivity index (χ1n) is 6.89. The highest BCUT2D eigenvalue weighted by Gasteiger charge is 2.24. The van der Waals surface area contributed by atoms with Gasteiger partial charge in [-0.05, 0) is 24.6 Å². The highest BCUT2D eigenvalue weighted by molar-refractivity contribution is 6.17. The van der Waals surface area contributed by atoms with Crippen molar-refractivity contribution < 1.29 is 13.9 Å². The van der Waals surface area contributed by atoms with E-state index in [1.807, 2.05) is 12.1 Å².